The smallest absolute Gasteiger partial charge is 0.227 e. The Labute approximate surface area is 159 Å². The number of nitrogens with one attached hydrogen (secondary N) is 3. The number of hydrogen-bond donors (Lipinski definition) is 3. The highest BCUT2D eigenvalue weighted by atomic mass is 32.1. The van der Waals surface area contributed by atoms with Gasteiger partial charge in [-0.15, -0.1) is 11.3 Å². The second-order valence-electron chi connectivity index (χ2n) is 6.68. The van der Waals surface area contributed by atoms with E-state index in [2.05, 4.69) is 57.3 Å². The van der Waals surface area contributed by atoms with Crippen molar-refractivity contribution in [3.05, 3.63) is 46.3 Å². The van der Waals surface area contributed by atoms with Crippen LogP contribution in [-0.2, 0) is 10.2 Å². The van der Waals surface area contributed by atoms with Gasteiger partial charge in [0, 0.05) is 42.5 Å². The molecule has 2 heterocycles. The lowest BCUT2D eigenvalue weighted by atomic mass is 9.91. The molecule has 3 N–H and O–H groups in total. The van der Waals surface area contributed by atoms with E-state index in [0.29, 0.717) is 24.7 Å². The van der Waals surface area contributed by atoms with Crippen molar-refractivity contribution < 1.29 is 4.79 Å². The Morgan fingerprint density at radius 2 is 2.04 bits per heavy atom. The number of pyridine rings is 1. The zero-order valence-corrected chi connectivity index (χ0v) is 16.6. The second-order valence-corrected chi connectivity index (χ2v) is 7.62. The van der Waals surface area contributed by atoms with Gasteiger partial charge in [0.2, 0.25) is 5.91 Å². The third-order valence-corrected chi connectivity index (χ3v) is 5.15. The molecule has 0 unspecified atom stereocenters. The third-order valence-electron chi connectivity index (χ3n) is 3.91. The van der Waals surface area contributed by atoms with Crippen LogP contribution in [0.25, 0.3) is 0 Å². The number of hydrogen-bond acceptors (Lipinski definition) is 4. The summed E-state index contributed by atoms with van der Waals surface area (Å²) in [5, 5.41) is 11.4. The summed E-state index contributed by atoms with van der Waals surface area (Å²) >= 11 is 1.75. The minimum Gasteiger partial charge on any atom is -0.356 e. The molecule has 2 rings (SSSR count). The average Bonchev–Trinajstić information content (AvgIpc) is 3.13. The van der Waals surface area contributed by atoms with Gasteiger partial charge in [-0.3, -0.25) is 9.79 Å². The molecule has 0 aliphatic carbocycles. The number of anilines is 1. The number of carbonyl (C=O) groups is 1. The van der Waals surface area contributed by atoms with Crippen LogP contribution in [0.1, 0.15) is 30.8 Å². The van der Waals surface area contributed by atoms with Crippen molar-refractivity contribution in [2.24, 2.45) is 4.99 Å². The van der Waals surface area contributed by atoms with Crippen LogP contribution in [0.5, 0.6) is 0 Å². The highest BCUT2D eigenvalue weighted by Crippen LogP contribution is 2.26. The van der Waals surface area contributed by atoms with Crippen molar-refractivity contribution in [3.8, 4) is 0 Å². The molecule has 0 aromatic carbocycles. The van der Waals surface area contributed by atoms with Crippen molar-refractivity contribution in [1.29, 1.82) is 0 Å². The number of nitrogens with zero attached hydrogens (tertiary/aromatic N) is 2. The first-order chi connectivity index (χ1) is 12.4. The molecule has 0 saturated carbocycles. The monoisotopic (exact) mass is 373 g/mol. The normalized spacial score (nSPS) is 11.9. The lowest BCUT2D eigenvalue weighted by Gasteiger charge is -2.25. The number of amides is 1. The average molecular weight is 374 g/mol. The quantitative estimate of drug-likeness (QED) is 0.515. The van der Waals surface area contributed by atoms with E-state index in [0.717, 1.165) is 12.2 Å². The Morgan fingerprint density at radius 1 is 1.23 bits per heavy atom. The summed E-state index contributed by atoms with van der Waals surface area (Å²) in [6, 6.07) is 9.76. The Bertz CT molecular complexity index is 740. The molecule has 0 aliphatic heterocycles. The van der Waals surface area contributed by atoms with Crippen LogP contribution in [0.15, 0.2) is 40.7 Å². The maximum Gasteiger partial charge on any atom is 0.227 e. The van der Waals surface area contributed by atoms with Crippen LogP contribution in [-0.4, -0.2) is 37.0 Å². The van der Waals surface area contributed by atoms with Crippen LogP contribution in [0, 0.1) is 6.92 Å². The van der Waals surface area contributed by atoms with Gasteiger partial charge in [0.1, 0.15) is 5.82 Å². The minimum atomic E-state index is -0.0787. The van der Waals surface area contributed by atoms with Crippen LogP contribution in [0.4, 0.5) is 5.82 Å². The summed E-state index contributed by atoms with van der Waals surface area (Å²) < 4.78 is 0. The van der Waals surface area contributed by atoms with Gasteiger partial charge >= 0.3 is 0 Å². The van der Waals surface area contributed by atoms with E-state index in [-0.39, 0.29) is 11.3 Å². The molecule has 0 bridgehead atoms. The zero-order chi connectivity index (χ0) is 19.0. The van der Waals surface area contributed by atoms with E-state index >= 15 is 0 Å². The molecule has 0 fully saturated rings. The highest BCUT2D eigenvalue weighted by molar-refractivity contribution is 7.10. The Morgan fingerprint density at radius 3 is 2.69 bits per heavy atom. The lowest BCUT2D eigenvalue weighted by molar-refractivity contribution is -0.116. The molecule has 0 spiro atoms. The largest absolute Gasteiger partial charge is 0.356 e. The fraction of sp³-hybridized carbons (Fsp3) is 0.421. The predicted octanol–water partition coefficient (Wildman–Crippen LogP) is 2.92. The molecule has 1 amide bonds. The summed E-state index contributed by atoms with van der Waals surface area (Å²) in [5.74, 6) is 1.19. The third kappa shape index (κ3) is 6.15. The molecule has 0 radical (unpaired) electrons. The number of rotatable bonds is 7. The number of guanidine groups is 1. The van der Waals surface area contributed by atoms with E-state index in [1.165, 1.54) is 4.88 Å². The first-order valence-corrected chi connectivity index (χ1v) is 9.51. The van der Waals surface area contributed by atoms with Crippen LogP contribution >= 0.6 is 11.3 Å². The fourth-order valence-electron chi connectivity index (χ4n) is 2.39. The molecule has 140 valence electrons. The Kier molecular flexibility index (Phi) is 7.15. The number of thiophene rings is 1. The molecule has 7 heteroatoms. The number of carbonyl (C=O) groups excluding carboxylic acids is 1. The van der Waals surface area contributed by atoms with Gasteiger partial charge in [-0.05, 0) is 30.5 Å². The number of aryl methyl sites for hydroxylation is 1. The first-order valence-electron chi connectivity index (χ1n) is 8.63. The molecule has 2 aromatic rings. The highest BCUT2D eigenvalue weighted by Gasteiger charge is 2.21. The fourth-order valence-corrected chi connectivity index (χ4v) is 3.24. The second kappa shape index (κ2) is 9.33. The van der Waals surface area contributed by atoms with Crippen molar-refractivity contribution in [2.75, 3.05) is 25.5 Å². The molecule has 2 aromatic heterocycles. The molecule has 6 nitrogen and oxygen atoms in total. The molecule has 0 atom stereocenters. The molecular weight excluding hydrogens is 346 g/mol. The van der Waals surface area contributed by atoms with Gasteiger partial charge in [0.25, 0.3) is 0 Å². The molecule has 26 heavy (non-hydrogen) atoms. The van der Waals surface area contributed by atoms with E-state index in [4.69, 9.17) is 0 Å². The van der Waals surface area contributed by atoms with Crippen molar-refractivity contribution in [2.45, 2.75) is 32.6 Å². The van der Waals surface area contributed by atoms with E-state index < -0.39 is 0 Å². The van der Waals surface area contributed by atoms with Crippen LogP contribution in [0.2, 0.25) is 0 Å². The number of aliphatic imine (C=N–C) groups is 1. The van der Waals surface area contributed by atoms with Crippen LogP contribution in [0.3, 0.4) is 0 Å². The van der Waals surface area contributed by atoms with Gasteiger partial charge in [-0.25, -0.2) is 4.98 Å². The standard InChI is InChI=1S/C19H27N5OS/c1-14-7-5-9-16(23-14)24-17(25)10-11-21-18(20-4)22-13-19(2,3)15-8-6-12-26-15/h5-9,12H,10-11,13H2,1-4H3,(H2,20,21,22)(H,23,24,25). The summed E-state index contributed by atoms with van der Waals surface area (Å²) in [6.07, 6.45) is 0.338. The van der Waals surface area contributed by atoms with E-state index in [1.807, 2.05) is 19.1 Å². The summed E-state index contributed by atoms with van der Waals surface area (Å²) in [6.45, 7) is 7.54. The Balaban J connectivity index is 1.74. The first kappa shape index (κ1) is 19.9. The van der Waals surface area contributed by atoms with Gasteiger partial charge in [-0.2, -0.15) is 0 Å². The van der Waals surface area contributed by atoms with Gasteiger partial charge < -0.3 is 16.0 Å². The van der Waals surface area contributed by atoms with E-state index in [9.17, 15) is 4.79 Å². The maximum absolute atomic E-state index is 12.0. The zero-order valence-electron chi connectivity index (χ0n) is 15.8. The van der Waals surface area contributed by atoms with Gasteiger partial charge in [-0.1, -0.05) is 26.0 Å². The molecular formula is C19H27N5OS. The summed E-state index contributed by atoms with van der Waals surface area (Å²) in [7, 11) is 1.73. The van der Waals surface area contributed by atoms with Gasteiger partial charge in [0.15, 0.2) is 5.96 Å². The molecule has 0 aliphatic rings. The van der Waals surface area contributed by atoms with Crippen LogP contribution < -0.4 is 16.0 Å². The topological polar surface area (TPSA) is 78.4 Å². The predicted molar refractivity (Wildman–Crippen MR) is 109 cm³/mol. The number of aromatic nitrogens is 1. The SMILES string of the molecule is CN=C(NCCC(=O)Nc1cccc(C)n1)NCC(C)(C)c1cccs1. The Hall–Kier alpha value is -2.41. The summed E-state index contributed by atoms with van der Waals surface area (Å²) in [5.41, 5.74) is 0.888. The maximum atomic E-state index is 12.0. The van der Waals surface area contributed by atoms with Gasteiger partial charge in [0.05, 0.1) is 0 Å². The summed E-state index contributed by atoms with van der Waals surface area (Å²) in [4.78, 5) is 21.8. The molecule has 0 saturated heterocycles. The van der Waals surface area contributed by atoms with Crippen molar-refractivity contribution in [3.63, 3.8) is 0 Å². The van der Waals surface area contributed by atoms with Crippen molar-refractivity contribution >= 4 is 29.0 Å². The van der Waals surface area contributed by atoms with Crippen molar-refractivity contribution in [1.82, 2.24) is 15.6 Å². The minimum absolute atomic E-state index is 0.0139. The lowest BCUT2D eigenvalue weighted by Crippen LogP contribution is -2.43. The van der Waals surface area contributed by atoms with E-state index in [1.54, 1.807) is 24.5 Å².